The van der Waals surface area contributed by atoms with Crippen LogP contribution in [0.1, 0.15) is 32.9 Å². The maximum Gasteiger partial charge on any atom is 0.434 e. The van der Waals surface area contributed by atoms with Gasteiger partial charge >= 0.3 is 6.18 Å². The van der Waals surface area contributed by atoms with Gasteiger partial charge in [0, 0.05) is 25.0 Å². The molecule has 1 saturated heterocycles. The molecule has 0 spiro atoms. The monoisotopic (exact) mass is 390 g/mol. The Morgan fingerprint density at radius 1 is 1.07 bits per heavy atom. The molecule has 0 bridgehead atoms. The van der Waals surface area contributed by atoms with E-state index in [4.69, 9.17) is 0 Å². The Kier molecular flexibility index (Phi) is 4.47. The van der Waals surface area contributed by atoms with E-state index in [1.807, 2.05) is 6.07 Å². The molecule has 4 rings (SSSR count). The summed E-state index contributed by atoms with van der Waals surface area (Å²) in [6.07, 6.45) is 1.78. The number of rotatable bonds is 2. The maximum absolute atomic E-state index is 13.0. The average molecular weight is 390 g/mol. The lowest BCUT2D eigenvalue weighted by atomic mass is 9.86. The summed E-state index contributed by atoms with van der Waals surface area (Å²) in [5.74, 6) is 2.18. The molecule has 0 radical (unpaired) electrons. The number of nitrogens with zero attached hydrogens (tertiary/aromatic N) is 6. The van der Waals surface area contributed by atoms with Crippen LogP contribution in [-0.4, -0.2) is 36.9 Å². The van der Waals surface area contributed by atoms with Gasteiger partial charge in [-0.1, -0.05) is 13.8 Å². The molecule has 1 fully saturated rings. The minimum atomic E-state index is -4.53. The highest BCUT2D eigenvalue weighted by Crippen LogP contribution is 2.32. The highest BCUT2D eigenvalue weighted by molar-refractivity contribution is 5.58. The minimum Gasteiger partial charge on any atom is -0.353 e. The van der Waals surface area contributed by atoms with E-state index in [0.29, 0.717) is 35.0 Å². The van der Waals surface area contributed by atoms with E-state index in [1.54, 1.807) is 6.20 Å². The van der Waals surface area contributed by atoms with Crippen LogP contribution in [0, 0.1) is 11.8 Å². The molecule has 0 saturated carbocycles. The highest BCUT2D eigenvalue weighted by atomic mass is 19.4. The third-order valence-electron chi connectivity index (χ3n) is 5.45. The SMILES string of the molecule is CC1CC(C)C(C)N(c2ccnc(-c3cnc4cnc(C(F)(F)F)cn34)n2)C1. The van der Waals surface area contributed by atoms with E-state index in [0.717, 1.165) is 31.2 Å². The van der Waals surface area contributed by atoms with Gasteiger partial charge in [0.25, 0.3) is 0 Å². The molecule has 1 aliphatic rings. The first-order valence-electron chi connectivity index (χ1n) is 9.24. The zero-order valence-corrected chi connectivity index (χ0v) is 15.9. The molecule has 0 N–H and O–H groups in total. The molecule has 9 heteroatoms. The first-order valence-corrected chi connectivity index (χ1v) is 9.24. The third-order valence-corrected chi connectivity index (χ3v) is 5.45. The van der Waals surface area contributed by atoms with Crippen molar-refractivity contribution in [2.45, 2.75) is 39.4 Å². The lowest BCUT2D eigenvalue weighted by Crippen LogP contribution is -2.46. The third kappa shape index (κ3) is 3.29. The second kappa shape index (κ2) is 6.72. The van der Waals surface area contributed by atoms with Crippen LogP contribution in [0.25, 0.3) is 17.2 Å². The highest BCUT2D eigenvalue weighted by Gasteiger charge is 2.33. The molecular formula is C19H21F3N6. The Hall–Kier alpha value is -2.71. The Labute approximate surface area is 160 Å². The predicted octanol–water partition coefficient (Wildman–Crippen LogP) is 4.08. The first kappa shape index (κ1) is 18.6. The van der Waals surface area contributed by atoms with Gasteiger partial charge in [-0.05, 0) is 31.2 Å². The Bertz CT molecular complexity index is 999. The van der Waals surface area contributed by atoms with Crippen LogP contribution in [0.4, 0.5) is 19.0 Å². The van der Waals surface area contributed by atoms with Crippen molar-refractivity contribution in [1.82, 2.24) is 24.3 Å². The molecule has 0 aliphatic carbocycles. The van der Waals surface area contributed by atoms with Gasteiger partial charge in [0.2, 0.25) is 0 Å². The summed E-state index contributed by atoms with van der Waals surface area (Å²) in [5, 5.41) is 0. The van der Waals surface area contributed by atoms with Gasteiger partial charge in [0.1, 0.15) is 11.5 Å². The standard InChI is InChI=1S/C19H21F3N6/c1-11-6-12(2)13(3)27(9-11)16-4-5-23-18(26-16)14-7-25-17-8-24-15(10-28(14)17)19(20,21)22/h4-5,7-8,10-13H,6,9H2,1-3H3. The summed E-state index contributed by atoms with van der Waals surface area (Å²) in [7, 11) is 0. The summed E-state index contributed by atoms with van der Waals surface area (Å²) >= 11 is 0. The second-order valence-corrected chi connectivity index (χ2v) is 7.59. The molecular weight excluding hydrogens is 369 g/mol. The lowest BCUT2D eigenvalue weighted by molar-refractivity contribution is -0.141. The van der Waals surface area contributed by atoms with Crippen molar-refractivity contribution in [1.29, 1.82) is 0 Å². The smallest absolute Gasteiger partial charge is 0.353 e. The molecule has 0 amide bonds. The molecule has 3 atom stereocenters. The number of piperidine rings is 1. The number of fused-ring (bicyclic) bond motifs is 1. The van der Waals surface area contributed by atoms with Gasteiger partial charge in [-0.2, -0.15) is 13.2 Å². The van der Waals surface area contributed by atoms with Crippen molar-refractivity contribution in [2.75, 3.05) is 11.4 Å². The normalized spacial score (nSPS) is 23.4. The largest absolute Gasteiger partial charge is 0.434 e. The summed E-state index contributed by atoms with van der Waals surface area (Å²) in [6.45, 7) is 7.50. The quantitative estimate of drug-likeness (QED) is 0.660. The molecule has 3 aromatic heterocycles. The second-order valence-electron chi connectivity index (χ2n) is 7.59. The van der Waals surface area contributed by atoms with E-state index in [1.165, 1.54) is 10.6 Å². The number of anilines is 1. The van der Waals surface area contributed by atoms with E-state index < -0.39 is 11.9 Å². The van der Waals surface area contributed by atoms with E-state index >= 15 is 0 Å². The fourth-order valence-electron chi connectivity index (χ4n) is 3.85. The zero-order chi connectivity index (χ0) is 20.1. The Morgan fingerprint density at radius 3 is 2.61 bits per heavy atom. The average Bonchev–Trinajstić information content (AvgIpc) is 3.07. The predicted molar refractivity (Wildman–Crippen MR) is 98.8 cm³/mol. The fraction of sp³-hybridized carbons (Fsp3) is 0.474. The Balaban J connectivity index is 1.76. The molecule has 3 aromatic rings. The summed E-state index contributed by atoms with van der Waals surface area (Å²) in [4.78, 5) is 18.8. The number of hydrogen-bond acceptors (Lipinski definition) is 5. The molecule has 0 aromatic carbocycles. The topological polar surface area (TPSA) is 59.2 Å². The van der Waals surface area contributed by atoms with Crippen LogP contribution in [-0.2, 0) is 6.18 Å². The number of imidazole rings is 1. The Morgan fingerprint density at radius 2 is 1.86 bits per heavy atom. The van der Waals surface area contributed by atoms with Crippen molar-refractivity contribution >= 4 is 11.5 Å². The van der Waals surface area contributed by atoms with Gasteiger partial charge in [-0.25, -0.2) is 19.9 Å². The number of alkyl halides is 3. The van der Waals surface area contributed by atoms with Crippen LogP contribution in [0.15, 0.2) is 30.9 Å². The van der Waals surface area contributed by atoms with Gasteiger partial charge in [0.15, 0.2) is 17.2 Å². The van der Waals surface area contributed by atoms with Crippen molar-refractivity contribution in [3.05, 3.63) is 36.5 Å². The van der Waals surface area contributed by atoms with Gasteiger partial charge in [-0.3, -0.25) is 4.40 Å². The van der Waals surface area contributed by atoms with Crippen LogP contribution >= 0.6 is 0 Å². The van der Waals surface area contributed by atoms with Crippen LogP contribution < -0.4 is 4.90 Å². The van der Waals surface area contributed by atoms with Crippen molar-refractivity contribution in [2.24, 2.45) is 11.8 Å². The van der Waals surface area contributed by atoms with E-state index in [2.05, 4.69) is 45.6 Å². The molecule has 148 valence electrons. The number of hydrogen-bond donors (Lipinski definition) is 0. The minimum absolute atomic E-state index is 0.311. The van der Waals surface area contributed by atoms with E-state index in [9.17, 15) is 13.2 Å². The van der Waals surface area contributed by atoms with Gasteiger partial charge in [-0.15, -0.1) is 0 Å². The molecule has 6 nitrogen and oxygen atoms in total. The van der Waals surface area contributed by atoms with Crippen LogP contribution in [0.5, 0.6) is 0 Å². The van der Waals surface area contributed by atoms with E-state index in [-0.39, 0.29) is 0 Å². The van der Waals surface area contributed by atoms with Crippen molar-refractivity contribution in [3.8, 4) is 11.5 Å². The fourth-order valence-corrected chi connectivity index (χ4v) is 3.85. The van der Waals surface area contributed by atoms with Gasteiger partial charge in [0.05, 0.1) is 12.4 Å². The molecule has 1 aliphatic heterocycles. The molecule has 28 heavy (non-hydrogen) atoms. The number of halogens is 3. The zero-order valence-electron chi connectivity index (χ0n) is 15.9. The first-order chi connectivity index (χ1) is 13.2. The van der Waals surface area contributed by atoms with Crippen LogP contribution in [0.3, 0.4) is 0 Å². The molecule has 3 unspecified atom stereocenters. The lowest BCUT2D eigenvalue weighted by Gasteiger charge is -2.41. The summed E-state index contributed by atoms with van der Waals surface area (Å²) in [6, 6.07) is 2.17. The molecule has 4 heterocycles. The number of aromatic nitrogens is 5. The van der Waals surface area contributed by atoms with Gasteiger partial charge < -0.3 is 4.90 Å². The summed E-state index contributed by atoms with van der Waals surface area (Å²) < 4.78 is 40.5. The maximum atomic E-state index is 13.0. The van der Waals surface area contributed by atoms with Crippen molar-refractivity contribution < 1.29 is 13.2 Å². The van der Waals surface area contributed by atoms with Crippen molar-refractivity contribution in [3.63, 3.8) is 0 Å². The van der Waals surface area contributed by atoms with Crippen LogP contribution in [0.2, 0.25) is 0 Å². The summed E-state index contributed by atoms with van der Waals surface area (Å²) in [5.41, 5.74) is -0.274.